The van der Waals surface area contributed by atoms with Gasteiger partial charge in [-0.25, -0.2) is 4.39 Å². The van der Waals surface area contributed by atoms with Gasteiger partial charge in [0.05, 0.1) is 17.3 Å². The highest BCUT2D eigenvalue weighted by Crippen LogP contribution is 2.19. The van der Waals surface area contributed by atoms with Crippen molar-refractivity contribution in [1.82, 2.24) is 0 Å². The van der Waals surface area contributed by atoms with E-state index in [1.807, 2.05) is 18.2 Å². The third-order valence-corrected chi connectivity index (χ3v) is 2.73. The second-order valence-electron chi connectivity index (χ2n) is 3.79. The lowest BCUT2D eigenvalue weighted by Gasteiger charge is -2.07. The minimum atomic E-state index is -0.379. The summed E-state index contributed by atoms with van der Waals surface area (Å²) in [6.45, 7) is 0.490. The van der Waals surface area contributed by atoms with E-state index in [0.717, 1.165) is 5.56 Å². The molecule has 4 heteroatoms. The topological polar surface area (TPSA) is 35.8 Å². The highest BCUT2D eigenvalue weighted by Gasteiger charge is 2.02. The van der Waals surface area contributed by atoms with E-state index in [1.54, 1.807) is 24.3 Å². The molecule has 1 N–H and O–H groups in total. The van der Waals surface area contributed by atoms with E-state index in [2.05, 4.69) is 5.32 Å². The smallest absolute Gasteiger partial charge is 0.147 e. The van der Waals surface area contributed by atoms with E-state index in [-0.39, 0.29) is 5.82 Å². The summed E-state index contributed by atoms with van der Waals surface area (Å²) in [7, 11) is 0. The average Bonchev–Trinajstić information content (AvgIpc) is 2.38. The zero-order chi connectivity index (χ0) is 13.0. The average molecular weight is 261 g/mol. The molecule has 2 nitrogen and oxygen atoms in total. The normalized spacial score (nSPS) is 9.83. The summed E-state index contributed by atoms with van der Waals surface area (Å²) in [5.41, 5.74) is 1.99. The van der Waals surface area contributed by atoms with Gasteiger partial charge in [0.15, 0.2) is 0 Å². The second-order valence-corrected chi connectivity index (χ2v) is 4.22. The van der Waals surface area contributed by atoms with Crippen LogP contribution in [0.4, 0.5) is 10.1 Å². The lowest BCUT2D eigenvalue weighted by molar-refractivity contribution is 0.630. The number of hydrogen-bond donors (Lipinski definition) is 1. The number of nitrogens with zero attached hydrogens (tertiary/aromatic N) is 1. The van der Waals surface area contributed by atoms with Gasteiger partial charge >= 0.3 is 0 Å². The quantitative estimate of drug-likeness (QED) is 0.907. The van der Waals surface area contributed by atoms with Crippen LogP contribution in [0.5, 0.6) is 0 Å². The number of nitriles is 1. The van der Waals surface area contributed by atoms with Gasteiger partial charge < -0.3 is 5.32 Å². The molecule has 18 heavy (non-hydrogen) atoms. The van der Waals surface area contributed by atoms with E-state index in [0.29, 0.717) is 22.8 Å². The molecule has 0 amide bonds. The van der Waals surface area contributed by atoms with Crippen LogP contribution in [-0.2, 0) is 6.54 Å². The Bertz CT molecular complexity index is 588. The van der Waals surface area contributed by atoms with Crippen LogP contribution in [-0.4, -0.2) is 0 Å². The first-order chi connectivity index (χ1) is 8.69. The zero-order valence-corrected chi connectivity index (χ0v) is 10.2. The summed E-state index contributed by atoms with van der Waals surface area (Å²) in [6.07, 6.45) is 0. The van der Waals surface area contributed by atoms with Crippen LogP contribution in [0.2, 0.25) is 5.02 Å². The third-order valence-electron chi connectivity index (χ3n) is 2.50. The summed E-state index contributed by atoms with van der Waals surface area (Å²) in [5, 5.41) is 12.0. The number of nitrogens with one attached hydrogen (secondary N) is 1. The van der Waals surface area contributed by atoms with Crippen molar-refractivity contribution in [3.05, 3.63) is 64.4 Å². The summed E-state index contributed by atoms with van der Waals surface area (Å²) >= 11 is 5.67. The van der Waals surface area contributed by atoms with Crippen LogP contribution in [0.3, 0.4) is 0 Å². The van der Waals surface area contributed by atoms with E-state index < -0.39 is 0 Å². The van der Waals surface area contributed by atoms with Crippen molar-refractivity contribution in [2.24, 2.45) is 0 Å². The third kappa shape index (κ3) is 2.99. The summed E-state index contributed by atoms with van der Waals surface area (Å²) in [4.78, 5) is 0. The van der Waals surface area contributed by atoms with Gasteiger partial charge in [0, 0.05) is 11.6 Å². The largest absolute Gasteiger partial charge is 0.379 e. The molecular formula is C14H10ClFN2. The molecule has 90 valence electrons. The van der Waals surface area contributed by atoms with Crippen LogP contribution in [0.15, 0.2) is 42.5 Å². The van der Waals surface area contributed by atoms with Gasteiger partial charge in [-0.15, -0.1) is 0 Å². The summed E-state index contributed by atoms with van der Waals surface area (Å²) in [5.74, 6) is -0.379. The molecule has 0 aliphatic heterocycles. The molecule has 0 aliphatic carbocycles. The highest BCUT2D eigenvalue weighted by molar-refractivity contribution is 6.30. The van der Waals surface area contributed by atoms with E-state index >= 15 is 0 Å². The lowest BCUT2D eigenvalue weighted by Crippen LogP contribution is -2.01. The molecule has 2 aromatic rings. The van der Waals surface area contributed by atoms with Crippen molar-refractivity contribution < 1.29 is 4.39 Å². The molecule has 2 aromatic carbocycles. The molecule has 2 rings (SSSR count). The van der Waals surface area contributed by atoms with E-state index in [1.165, 1.54) is 6.07 Å². The van der Waals surface area contributed by atoms with Crippen molar-refractivity contribution >= 4 is 17.3 Å². The number of rotatable bonds is 3. The Balaban J connectivity index is 2.04. The number of halogens is 2. The van der Waals surface area contributed by atoms with Crippen LogP contribution < -0.4 is 5.32 Å². The first-order valence-electron chi connectivity index (χ1n) is 5.37. The maximum Gasteiger partial charge on any atom is 0.147 e. The maximum absolute atomic E-state index is 13.5. The van der Waals surface area contributed by atoms with Crippen LogP contribution >= 0.6 is 11.6 Å². The van der Waals surface area contributed by atoms with Gasteiger partial charge in [-0.2, -0.15) is 5.26 Å². The fourth-order valence-corrected chi connectivity index (χ4v) is 1.69. The van der Waals surface area contributed by atoms with Crippen molar-refractivity contribution in [1.29, 1.82) is 5.26 Å². The predicted molar refractivity (Wildman–Crippen MR) is 69.9 cm³/mol. The highest BCUT2D eigenvalue weighted by atomic mass is 35.5. The van der Waals surface area contributed by atoms with Gasteiger partial charge in [-0.3, -0.25) is 0 Å². The number of hydrogen-bond acceptors (Lipinski definition) is 2. The Hall–Kier alpha value is -2.05. The first-order valence-corrected chi connectivity index (χ1v) is 5.75. The molecule has 0 aliphatic rings. The minimum absolute atomic E-state index is 0.372. The van der Waals surface area contributed by atoms with Crippen molar-refractivity contribution in [2.75, 3.05) is 5.32 Å². The molecule has 0 unspecified atom stereocenters. The number of benzene rings is 2. The number of anilines is 1. The molecule has 0 atom stereocenters. The first kappa shape index (κ1) is 12.4. The van der Waals surface area contributed by atoms with Gasteiger partial charge in [-0.1, -0.05) is 23.7 Å². The Morgan fingerprint density at radius 2 is 1.89 bits per heavy atom. The van der Waals surface area contributed by atoms with Crippen LogP contribution in [0, 0.1) is 17.1 Å². The molecule has 0 heterocycles. The molecule has 0 saturated carbocycles. The maximum atomic E-state index is 13.5. The summed E-state index contributed by atoms with van der Waals surface area (Å²) < 4.78 is 13.5. The lowest BCUT2D eigenvalue weighted by atomic mass is 10.1. The zero-order valence-electron chi connectivity index (χ0n) is 9.45. The molecule has 0 fully saturated rings. The fourth-order valence-electron chi connectivity index (χ4n) is 1.53. The molecule has 0 saturated heterocycles. The molecule has 0 bridgehead atoms. The predicted octanol–water partition coefficient (Wildman–Crippen LogP) is 3.96. The standard InChI is InChI=1S/C14H10ClFN2/c15-12-5-6-14(13(16)7-12)18-9-11-3-1-10(8-17)2-4-11/h1-7,18H,9H2. The van der Waals surface area contributed by atoms with Gasteiger partial charge in [-0.05, 0) is 35.9 Å². The molecular weight excluding hydrogens is 251 g/mol. The molecule has 0 spiro atoms. The Kier molecular flexibility index (Phi) is 3.81. The second kappa shape index (κ2) is 5.52. The van der Waals surface area contributed by atoms with E-state index in [9.17, 15) is 4.39 Å². The van der Waals surface area contributed by atoms with Gasteiger partial charge in [0.1, 0.15) is 5.82 Å². The monoisotopic (exact) mass is 260 g/mol. The summed E-state index contributed by atoms with van der Waals surface area (Å²) in [6, 6.07) is 13.7. The van der Waals surface area contributed by atoms with Crippen LogP contribution in [0.25, 0.3) is 0 Å². The van der Waals surface area contributed by atoms with Gasteiger partial charge in [0.2, 0.25) is 0 Å². The molecule has 0 aromatic heterocycles. The Morgan fingerprint density at radius 3 is 2.50 bits per heavy atom. The van der Waals surface area contributed by atoms with E-state index in [4.69, 9.17) is 16.9 Å². The Morgan fingerprint density at radius 1 is 1.17 bits per heavy atom. The minimum Gasteiger partial charge on any atom is -0.379 e. The van der Waals surface area contributed by atoms with Crippen molar-refractivity contribution in [2.45, 2.75) is 6.54 Å². The fraction of sp³-hybridized carbons (Fsp3) is 0.0714. The Labute approximate surface area is 110 Å². The molecule has 0 radical (unpaired) electrons. The van der Waals surface area contributed by atoms with Crippen molar-refractivity contribution in [3.8, 4) is 6.07 Å². The van der Waals surface area contributed by atoms with Gasteiger partial charge in [0.25, 0.3) is 0 Å². The van der Waals surface area contributed by atoms with Crippen LogP contribution in [0.1, 0.15) is 11.1 Å². The SMILES string of the molecule is N#Cc1ccc(CNc2ccc(Cl)cc2F)cc1. The van der Waals surface area contributed by atoms with Crippen molar-refractivity contribution in [3.63, 3.8) is 0 Å².